The molecule has 1 heterocycles. The maximum atomic E-state index is 12.6. The van der Waals surface area contributed by atoms with Crippen LogP contribution < -0.4 is 5.32 Å². The zero-order valence-electron chi connectivity index (χ0n) is 11.5. The molecule has 1 unspecified atom stereocenters. The van der Waals surface area contributed by atoms with Crippen LogP contribution >= 0.6 is 15.9 Å². The predicted octanol–water partition coefficient (Wildman–Crippen LogP) is 2.87. The second-order valence-electron chi connectivity index (χ2n) is 5.18. The molecular weight excluding hydrogens is 330 g/mol. The number of Topliss-reactive ketones (excluding diaryl/α,β-unsaturated/α-hetero) is 2. The number of hydrogen-bond donors (Lipinski definition) is 1. The molecule has 3 nitrogen and oxygen atoms in total. The third-order valence-electron chi connectivity index (χ3n) is 3.86. The van der Waals surface area contributed by atoms with E-state index in [1.54, 1.807) is 25.3 Å². The molecular formula is C17H14BrNO2. The highest BCUT2D eigenvalue weighted by atomic mass is 79.9. The first kappa shape index (κ1) is 14.0. The Bertz CT molecular complexity index is 711. The summed E-state index contributed by atoms with van der Waals surface area (Å²) < 4.78 is 0.993. The van der Waals surface area contributed by atoms with Crippen molar-refractivity contribution in [2.24, 2.45) is 0 Å². The van der Waals surface area contributed by atoms with Gasteiger partial charge in [0, 0.05) is 27.6 Å². The molecule has 0 saturated heterocycles. The van der Waals surface area contributed by atoms with Gasteiger partial charge in [0.15, 0.2) is 11.6 Å². The first-order valence-corrected chi connectivity index (χ1v) is 7.53. The van der Waals surface area contributed by atoms with E-state index in [0.29, 0.717) is 23.1 Å². The fraction of sp³-hybridized carbons (Fsp3) is 0.176. The van der Waals surface area contributed by atoms with Gasteiger partial charge in [-0.15, -0.1) is 0 Å². The second-order valence-corrected chi connectivity index (χ2v) is 6.10. The van der Waals surface area contributed by atoms with Crippen LogP contribution in [0.25, 0.3) is 0 Å². The third kappa shape index (κ3) is 2.51. The first-order valence-electron chi connectivity index (χ1n) is 6.74. The summed E-state index contributed by atoms with van der Waals surface area (Å²) in [6.45, 7) is 1.74. The monoisotopic (exact) mass is 343 g/mol. The van der Waals surface area contributed by atoms with Gasteiger partial charge in [0.05, 0.1) is 0 Å². The molecule has 21 heavy (non-hydrogen) atoms. The topological polar surface area (TPSA) is 46.2 Å². The van der Waals surface area contributed by atoms with E-state index < -0.39 is 6.04 Å². The van der Waals surface area contributed by atoms with Crippen molar-refractivity contribution in [3.8, 4) is 0 Å². The van der Waals surface area contributed by atoms with E-state index in [1.165, 1.54) is 0 Å². The number of nitrogens with one attached hydrogen (secondary N) is 1. The zero-order chi connectivity index (χ0) is 15.0. The van der Waals surface area contributed by atoms with Gasteiger partial charge < -0.3 is 5.32 Å². The summed E-state index contributed by atoms with van der Waals surface area (Å²) in [5, 5.41) is 2.99. The quantitative estimate of drug-likeness (QED) is 0.897. The Morgan fingerprint density at radius 2 is 1.90 bits per heavy atom. The molecule has 1 aromatic rings. The van der Waals surface area contributed by atoms with Crippen LogP contribution in [0.1, 0.15) is 12.5 Å². The van der Waals surface area contributed by atoms with E-state index in [0.717, 1.165) is 10.0 Å². The Hall–Kier alpha value is -1.94. The van der Waals surface area contributed by atoms with Crippen molar-refractivity contribution in [3.63, 3.8) is 0 Å². The summed E-state index contributed by atoms with van der Waals surface area (Å²) in [5.41, 5.74) is 2.72. The van der Waals surface area contributed by atoms with Crippen LogP contribution in [0.15, 0.2) is 63.8 Å². The number of hydrogen-bond acceptors (Lipinski definition) is 3. The van der Waals surface area contributed by atoms with Gasteiger partial charge in [-0.25, -0.2) is 0 Å². The van der Waals surface area contributed by atoms with E-state index in [1.807, 2.05) is 24.3 Å². The van der Waals surface area contributed by atoms with E-state index in [9.17, 15) is 9.59 Å². The van der Waals surface area contributed by atoms with Gasteiger partial charge in [-0.05, 0) is 36.9 Å². The van der Waals surface area contributed by atoms with E-state index in [4.69, 9.17) is 0 Å². The average Bonchev–Trinajstić information content (AvgIpc) is 2.51. The summed E-state index contributed by atoms with van der Waals surface area (Å²) in [6, 6.07) is 7.26. The lowest BCUT2D eigenvalue weighted by Gasteiger charge is -2.28. The minimum absolute atomic E-state index is 0.00869. The van der Waals surface area contributed by atoms with Crippen molar-refractivity contribution in [3.05, 3.63) is 69.4 Å². The van der Waals surface area contributed by atoms with Gasteiger partial charge in [-0.2, -0.15) is 0 Å². The Balaban J connectivity index is 1.97. The Labute approximate surface area is 131 Å². The van der Waals surface area contributed by atoms with Gasteiger partial charge in [0.1, 0.15) is 6.04 Å². The lowest BCUT2D eigenvalue weighted by atomic mass is 9.80. The minimum atomic E-state index is -0.531. The normalized spacial score (nSPS) is 21.0. The number of rotatable bonds is 2. The molecule has 0 amide bonds. The van der Waals surface area contributed by atoms with E-state index in [-0.39, 0.29) is 11.6 Å². The number of fused-ring (bicyclic) bond motifs is 1. The summed E-state index contributed by atoms with van der Waals surface area (Å²) >= 11 is 3.39. The molecule has 1 atom stereocenters. The van der Waals surface area contributed by atoms with E-state index in [2.05, 4.69) is 21.2 Å². The molecule has 0 radical (unpaired) electrons. The van der Waals surface area contributed by atoms with Gasteiger partial charge in [0.25, 0.3) is 0 Å². The van der Waals surface area contributed by atoms with Gasteiger partial charge >= 0.3 is 0 Å². The molecule has 1 N–H and O–H groups in total. The molecule has 1 aliphatic carbocycles. The number of carbonyl (C=O) groups is 2. The highest BCUT2D eigenvalue weighted by molar-refractivity contribution is 9.10. The molecule has 0 spiro atoms. The van der Waals surface area contributed by atoms with Crippen LogP contribution in [0.4, 0.5) is 0 Å². The number of dihydropyridines is 1. The van der Waals surface area contributed by atoms with Crippen molar-refractivity contribution >= 4 is 27.5 Å². The van der Waals surface area contributed by atoms with Gasteiger partial charge in [-0.1, -0.05) is 34.1 Å². The minimum Gasteiger partial charge on any atom is -0.377 e. The van der Waals surface area contributed by atoms with Crippen LogP contribution in [0.2, 0.25) is 0 Å². The lowest BCUT2D eigenvalue weighted by Crippen LogP contribution is -2.44. The number of ketones is 2. The van der Waals surface area contributed by atoms with Crippen molar-refractivity contribution in [2.45, 2.75) is 19.4 Å². The second kappa shape index (κ2) is 5.45. The smallest absolute Gasteiger partial charge is 0.187 e. The molecule has 1 aliphatic heterocycles. The number of benzene rings is 1. The molecule has 4 heteroatoms. The molecule has 0 bridgehead atoms. The van der Waals surface area contributed by atoms with Crippen LogP contribution in [0, 0.1) is 0 Å². The maximum absolute atomic E-state index is 12.6. The van der Waals surface area contributed by atoms with Crippen LogP contribution in [0.3, 0.4) is 0 Å². The van der Waals surface area contributed by atoms with Gasteiger partial charge in [-0.3, -0.25) is 9.59 Å². The maximum Gasteiger partial charge on any atom is 0.187 e. The molecule has 3 rings (SSSR count). The fourth-order valence-corrected chi connectivity index (χ4v) is 2.92. The Morgan fingerprint density at radius 1 is 1.19 bits per heavy atom. The molecule has 0 saturated carbocycles. The summed E-state index contributed by atoms with van der Waals surface area (Å²) in [6.07, 6.45) is 5.67. The molecule has 2 aliphatic rings. The summed E-state index contributed by atoms with van der Waals surface area (Å²) in [5.74, 6) is -0.0471. The highest BCUT2D eigenvalue weighted by Crippen LogP contribution is 2.28. The van der Waals surface area contributed by atoms with Crippen molar-refractivity contribution in [1.29, 1.82) is 0 Å². The molecule has 106 valence electrons. The molecule has 0 aromatic heterocycles. The molecule has 0 fully saturated rings. The Morgan fingerprint density at radius 3 is 2.62 bits per heavy atom. The first-order chi connectivity index (χ1) is 10.1. The third-order valence-corrected chi connectivity index (χ3v) is 4.38. The zero-order valence-corrected chi connectivity index (χ0v) is 13.1. The van der Waals surface area contributed by atoms with Crippen LogP contribution in [-0.4, -0.2) is 17.6 Å². The van der Waals surface area contributed by atoms with Crippen molar-refractivity contribution in [1.82, 2.24) is 5.32 Å². The summed E-state index contributed by atoms with van der Waals surface area (Å²) in [7, 11) is 0. The van der Waals surface area contributed by atoms with E-state index >= 15 is 0 Å². The SMILES string of the molecule is CC1=C(Cc2ccc(Br)cc2)C(=O)C2NC=CC=C2C1=O. The number of halogens is 1. The largest absolute Gasteiger partial charge is 0.377 e. The Kier molecular flexibility index (Phi) is 3.64. The molecule has 1 aromatic carbocycles. The van der Waals surface area contributed by atoms with Gasteiger partial charge in [0.2, 0.25) is 0 Å². The lowest BCUT2D eigenvalue weighted by molar-refractivity contribution is -0.121. The predicted molar refractivity (Wildman–Crippen MR) is 84.7 cm³/mol. The fourth-order valence-electron chi connectivity index (χ4n) is 2.65. The summed E-state index contributed by atoms with van der Waals surface area (Å²) in [4.78, 5) is 25.0. The van der Waals surface area contributed by atoms with Crippen LogP contribution in [-0.2, 0) is 16.0 Å². The highest BCUT2D eigenvalue weighted by Gasteiger charge is 2.37. The van der Waals surface area contributed by atoms with Crippen LogP contribution in [0.5, 0.6) is 0 Å². The average molecular weight is 344 g/mol. The standard InChI is InChI=1S/C17H14BrNO2/c1-10-14(9-11-4-6-12(18)7-5-11)17(21)15-13(16(10)20)3-2-8-19-15/h2-8,15,19H,9H2,1H3. The van der Waals surface area contributed by atoms with Crippen molar-refractivity contribution < 1.29 is 9.59 Å². The van der Waals surface area contributed by atoms with Crippen molar-refractivity contribution in [2.75, 3.05) is 0 Å². The number of carbonyl (C=O) groups excluding carboxylic acids is 2. The number of allylic oxidation sites excluding steroid dienone is 3.